The van der Waals surface area contributed by atoms with Crippen molar-refractivity contribution < 1.29 is 0 Å². The van der Waals surface area contributed by atoms with Gasteiger partial charge in [0, 0.05) is 30.5 Å². The molecule has 3 rings (SSSR count). The zero-order chi connectivity index (χ0) is 14.7. The number of imidazole rings is 1. The van der Waals surface area contributed by atoms with E-state index in [9.17, 15) is 0 Å². The molecule has 1 N–H and O–H groups in total. The molecule has 21 heavy (non-hydrogen) atoms. The highest BCUT2D eigenvalue weighted by molar-refractivity contribution is 5.39. The first-order valence-corrected chi connectivity index (χ1v) is 6.86. The highest BCUT2D eigenvalue weighted by atomic mass is 15.1. The summed E-state index contributed by atoms with van der Waals surface area (Å²) >= 11 is 0. The molecule has 2 aromatic heterocycles. The minimum Gasteiger partial charge on any atom is -0.348 e. The topological polar surface area (TPSA) is 55.6 Å². The molecule has 5 heteroatoms. The number of aryl methyl sites for hydroxylation is 1. The molecule has 0 fully saturated rings. The number of nitrogens with one attached hydrogen (secondary N) is 1. The molecule has 0 spiro atoms. The first-order chi connectivity index (χ1) is 10.2. The van der Waals surface area contributed by atoms with Crippen molar-refractivity contribution in [3.63, 3.8) is 0 Å². The maximum Gasteiger partial charge on any atom is 0.223 e. The van der Waals surface area contributed by atoms with E-state index in [-0.39, 0.29) is 6.04 Å². The van der Waals surface area contributed by atoms with Crippen molar-refractivity contribution in [1.29, 1.82) is 0 Å². The Kier molecular flexibility index (Phi) is 3.64. The summed E-state index contributed by atoms with van der Waals surface area (Å²) in [5.41, 5.74) is 3.31. The van der Waals surface area contributed by atoms with Gasteiger partial charge in [-0.25, -0.2) is 15.0 Å². The molecule has 1 unspecified atom stereocenters. The molecular formula is C16H17N5. The number of aromatic nitrogens is 4. The van der Waals surface area contributed by atoms with Crippen LogP contribution in [0.1, 0.15) is 24.1 Å². The van der Waals surface area contributed by atoms with E-state index >= 15 is 0 Å². The third-order valence-electron chi connectivity index (χ3n) is 3.30. The van der Waals surface area contributed by atoms with E-state index in [4.69, 9.17) is 0 Å². The minimum absolute atomic E-state index is 0.121. The quantitative estimate of drug-likeness (QED) is 0.797. The van der Waals surface area contributed by atoms with Crippen molar-refractivity contribution in [2.24, 2.45) is 0 Å². The molecule has 0 aliphatic rings. The third kappa shape index (κ3) is 3.08. The number of anilines is 1. The summed E-state index contributed by atoms with van der Waals surface area (Å²) < 4.78 is 1.98. The van der Waals surface area contributed by atoms with Gasteiger partial charge in [0.15, 0.2) is 0 Å². The van der Waals surface area contributed by atoms with Crippen molar-refractivity contribution in [3.05, 3.63) is 66.5 Å². The molecule has 1 aromatic carbocycles. The van der Waals surface area contributed by atoms with E-state index in [0.717, 1.165) is 11.3 Å². The van der Waals surface area contributed by atoms with Crippen molar-refractivity contribution in [2.75, 3.05) is 5.32 Å². The predicted octanol–water partition coefficient (Wildman–Crippen LogP) is 3.14. The second kappa shape index (κ2) is 5.75. The van der Waals surface area contributed by atoms with Gasteiger partial charge in [-0.15, -0.1) is 0 Å². The Balaban J connectivity index is 1.80. The Morgan fingerprint density at radius 2 is 2.00 bits per heavy atom. The summed E-state index contributed by atoms with van der Waals surface area (Å²) in [6, 6.07) is 8.44. The van der Waals surface area contributed by atoms with Crippen molar-refractivity contribution in [2.45, 2.75) is 19.9 Å². The van der Waals surface area contributed by atoms with Gasteiger partial charge in [-0.05, 0) is 37.1 Å². The number of hydrogen-bond donors (Lipinski definition) is 1. The van der Waals surface area contributed by atoms with Crippen LogP contribution in [-0.2, 0) is 0 Å². The molecule has 0 saturated heterocycles. The van der Waals surface area contributed by atoms with Gasteiger partial charge < -0.3 is 9.88 Å². The number of hydrogen-bond acceptors (Lipinski definition) is 4. The average Bonchev–Trinajstić information content (AvgIpc) is 3.04. The zero-order valence-corrected chi connectivity index (χ0v) is 12.1. The van der Waals surface area contributed by atoms with E-state index in [1.807, 2.05) is 36.1 Å². The normalized spacial score (nSPS) is 12.1. The van der Waals surface area contributed by atoms with E-state index in [1.165, 1.54) is 5.56 Å². The highest BCUT2D eigenvalue weighted by Crippen LogP contribution is 2.19. The summed E-state index contributed by atoms with van der Waals surface area (Å²) in [5, 5.41) is 3.31. The number of nitrogens with zero attached hydrogens (tertiary/aromatic N) is 4. The summed E-state index contributed by atoms with van der Waals surface area (Å²) in [7, 11) is 0. The lowest BCUT2D eigenvalue weighted by atomic mass is 10.1. The maximum absolute atomic E-state index is 4.28. The van der Waals surface area contributed by atoms with Crippen LogP contribution in [0.4, 0.5) is 5.95 Å². The molecule has 0 bridgehead atoms. The summed E-state index contributed by atoms with van der Waals surface area (Å²) in [6.45, 7) is 4.07. The molecule has 0 aliphatic heterocycles. The Morgan fingerprint density at radius 1 is 1.19 bits per heavy atom. The first kappa shape index (κ1) is 13.3. The van der Waals surface area contributed by atoms with Gasteiger partial charge in [0.2, 0.25) is 5.95 Å². The molecule has 0 aliphatic carbocycles. The molecule has 0 radical (unpaired) electrons. The molecular weight excluding hydrogens is 262 g/mol. The van der Waals surface area contributed by atoms with E-state index in [2.05, 4.69) is 45.4 Å². The van der Waals surface area contributed by atoms with E-state index in [1.54, 1.807) is 12.5 Å². The van der Waals surface area contributed by atoms with Gasteiger partial charge in [0.1, 0.15) is 0 Å². The van der Waals surface area contributed by atoms with E-state index in [0.29, 0.717) is 5.95 Å². The van der Waals surface area contributed by atoms with Crippen LogP contribution in [0.25, 0.3) is 5.69 Å². The van der Waals surface area contributed by atoms with Crippen LogP contribution < -0.4 is 5.32 Å². The second-order valence-electron chi connectivity index (χ2n) is 5.01. The fourth-order valence-corrected chi connectivity index (χ4v) is 2.11. The molecule has 1 atom stereocenters. The van der Waals surface area contributed by atoms with Crippen LogP contribution in [0.15, 0.2) is 55.4 Å². The summed E-state index contributed by atoms with van der Waals surface area (Å²) in [4.78, 5) is 12.6. The lowest BCUT2D eigenvalue weighted by Crippen LogP contribution is -2.09. The van der Waals surface area contributed by atoms with Crippen LogP contribution in [0, 0.1) is 6.92 Å². The Hall–Kier alpha value is -2.69. The molecule has 106 valence electrons. The Bertz CT molecular complexity index is 704. The van der Waals surface area contributed by atoms with Crippen LogP contribution >= 0.6 is 0 Å². The lowest BCUT2D eigenvalue weighted by Gasteiger charge is -2.15. The number of rotatable bonds is 4. The Morgan fingerprint density at radius 3 is 2.71 bits per heavy atom. The van der Waals surface area contributed by atoms with Crippen LogP contribution in [-0.4, -0.2) is 19.5 Å². The lowest BCUT2D eigenvalue weighted by molar-refractivity contribution is 0.855. The SMILES string of the molecule is Cc1cnc(NC(C)c2cccc(-n3ccnc3)c2)nc1. The molecule has 0 saturated carbocycles. The molecule has 2 heterocycles. The Labute approximate surface area is 123 Å². The smallest absolute Gasteiger partial charge is 0.223 e. The fraction of sp³-hybridized carbons (Fsp3) is 0.188. The van der Waals surface area contributed by atoms with Gasteiger partial charge in [-0.2, -0.15) is 0 Å². The largest absolute Gasteiger partial charge is 0.348 e. The summed E-state index contributed by atoms with van der Waals surface area (Å²) in [5.74, 6) is 0.640. The van der Waals surface area contributed by atoms with Gasteiger partial charge in [-0.1, -0.05) is 12.1 Å². The van der Waals surface area contributed by atoms with Crippen molar-refractivity contribution in [1.82, 2.24) is 19.5 Å². The van der Waals surface area contributed by atoms with E-state index < -0.39 is 0 Å². The average molecular weight is 279 g/mol. The molecule has 5 nitrogen and oxygen atoms in total. The van der Waals surface area contributed by atoms with Crippen molar-refractivity contribution >= 4 is 5.95 Å². The fourth-order valence-electron chi connectivity index (χ4n) is 2.11. The second-order valence-corrected chi connectivity index (χ2v) is 5.01. The van der Waals surface area contributed by atoms with Gasteiger partial charge in [0.25, 0.3) is 0 Å². The third-order valence-corrected chi connectivity index (χ3v) is 3.30. The molecule has 0 amide bonds. The monoisotopic (exact) mass is 279 g/mol. The number of benzene rings is 1. The van der Waals surface area contributed by atoms with Gasteiger partial charge >= 0.3 is 0 Å². The highest BCUT2D eigenvalue weighted by Gasteiger charge is 2.08. The van der Waals surface area contributed by atoms with Gasteiger partial charge in [0.05, 0.1) is 12.4 Å². The first-order valence-electron chi connectivity index (χ1n) is 6.86. The maximum atomic E-state index is 4.28. The van der Waals surface area contributed by atoms with Crippen LogP contribution in [0.2, 0.25) is 0 Å². The minimum atomic E-state index is 0.121. The standard InChI is InChI=1S/C16H17N5/c1-12-9-18-16(19-10-12)20-13(2)14-4-3-5-15(8-14)21-7-6-17-11-21/h3-11,13H,1-2H3,(H,18,19,20). The van der Waals surface area contributed by atoms with Crippen molar-refractivity contribution in [3.8, 4) is 5.69 Å². The van der Waals surface area contributed by atoms with Crippen LogP contribution in [0.3, 0.4) is 0 Å². The van der Waals surface area contributed by atoms with Gasteiger partial charge in [-0.3, -0.25) is 0 Å². The van der Waals surface area contributed by atoms with Crippen LogP contribution in [0.5, 0.6) is 0 Å². The predicted molar refractivity (Wildman–Crippen MR) is 82.4 cm³/mol. The molecule has 3 aromatic rings. The zero-order valence-electron chi connectivity index (χ0n) is 12.1. The summed E-state index contributed by atoms with van der Waals surface area (Å²) in [6.07, 6.45) is 9.11.